The van der Waals surface area contributed by atoms with Gasteiger partial charge in [-0.1, -0.05) is 12.2 Å². The van der Waals surface area contributed by atoms with Gasteiger partial charge in [0.15, 0.2) is 11.5 Å². The van der Waals surface area contributed by atoms with Gasteiger partial charge in [0, 0.05) is 29.6 Å². The van der Waals surface area contributed by atoms with E-state index in [1.165, 1.54) is 0 Å². The summed E-state index contributed by atoms with van der Waals surface area (Å²) in [6.45, 7) is 3.32. The molecule has 3 aliphatic heterocycles. The number of hydrogen-bond donors (Lipinski definition) is 0. The van der Waals surface area contributed by atoms with Gasteiger partial charge in [-0.15, -0.1) is 11.3 Å². The number of aromatic nitrogens is 1. The van der Waals surface area contributed by atoms with E-state index in [9.17, 15) is 4.79 Å². The molecule has 1 spiro atoms. The Bertz CT molecular complexity index is 1120. The van der Waals surface area contributed by atoms with Crippen LogP contribution in [0.5, 0.6) is 17.2 Å². The number of fused-ring (bicyclic) bond motifs is 5. The van der Waals surface area contributed by atoms with Crippen LogP contribution in [0.2, 0.25) is 0 Å². The topological polar surface area (TPSA) is 60.9 Å². The molecule has 0 bridgehead atoms. The van der Waals surface area contributed by atoms with E-state index in [0.717, 1.165) is 33.8 Å². The normalized spacial score (nSPS) is 26.8. The molecule has 1 saturated heterocycles. The van der Waals surface area contributed by atoms with Crippen LogP contribution < -0.4 is 14.2 Å². The maximum atomic E-state index is 13.7. The average molecular weight is 408 g/mol. The highest BCUT2D eigenvalue weighted by Crippen LogP contribution is 2.56. The molecule has 2 aromatic rings. The third kappa shape index (κ3) is 2.16. The molecule has 7 heteroatoms. The first-order valence-electron chi connectivity index (χ1n) is 9.77. The molecule has 148 valence electrons. The second kappa shape index (κ2) is 5.86. The molecule has 0 N–H and O–H groups in total. The number of allylic oxidation sites excluding steroid dienone is 2. The molecule has 2 unspecified atom stereocenters. The lowest BCUT2D eigenvalue weighted by molar-refractivity contribution is -0.132. The molecule has 4 aliphatic rings. The average Bonchev–Trinajstić information content (AvgIpc) is 3.39. The fourth-order valence-corrected chi connectivity index (χ4v) is 5.64. The number of hydrogen-bond acceptors (Lipinski definition) is 6. The maximum absolute atomic E-state index is 13.7. The zero-order valence-electron chi connectivity index (χ0n) is 16.2. The molecule has 6 nitrogen and oxygen atoms in total. The van der Waals surface area contributed by atoms with Crippen molar-refractivity contribution in [3.05, 3.63) is 51.5 Å². The number of carbonyl (C=O) groups is 1. The van der Waals surface area contributed by atoms with Gasteiger partial charge in [0.25, 0.3) is 0 Å². The Labute approximate surface area is 172 Å². The highest BCUT2D eigenvalue weighted by molar-refractivity contribution is 7.09. The van der Waals surface area contributed by atoms with Crippen molar-refractivity contribution < 1.29 is 19.0 Å². The lowest BCUT2D eigenvalue weighted by Crippen LogP contribution is -2.39. The number of benzene rings is 1. The lowest BCUT2D eigenvalue weighted by atomic mass is 9.71. The van der Waals surface area contributed by atoms with Crippen molar-refractivity contribution in [2.75, 3.05) is 26.9 Å². The first-order valence-corrected chi connectivity index (χ1v) is 10.7. The number of carbonyl (C=O) groups excluding carboxylic acids is 1. The van der Waals surface area contributed by atoms with Crippen molar-refractivity contribution in [2.24, 2.45) is 0 Å². The molecule has 1 aromatic carbocycles. The number of likely N-dealkylation sites (tertiary alicyclic amines) is 1. The Balaban J connectivity index is 1.62. The second-order valence-corrected chi connectivity index (χ2v) is 8.90. The van der Waals surface area contributed by atoms with E-state index in [-0.39, 0.29) is 11.9 Å². The van der Waals surface area contributed by atoms with Gasteiger partial charge in [-0.05, 0) is 25.0 Å². The predicted octanol–water partition coefficient (Wildman–Crippen LogP) is 3.11. The maximum Gasteiger partial charge on any atom is 0.241 e. The molecule has 0 radical (unpaired) electrons. The SMILES string of the molecule is Cc1nc(C2=C3C(CC=C2)N(C)C(=O)C32COc3cc4c(cc32)OCCO4)cs1. The molecule has 1 fully saturated rings. The van der Waals surface area contributed by atoms with Crippen LogP contribution in [0.3, 0.4) is 0 Å². The number of rotatable bonds is 1. The summed E-state index contributed by atoms with van der Waals surface area (Å²) in [5, 5.41) is 3.08. The third-order valence-corrected chi connectivity index (χ3v) is 7.10. The largest absolute Gasteiger partial charge is 0.491 e. The minimum Gasteiger partial charge on any atom is -0.491 e. The van der Waals surface area contributed by atoms with Crippen LogP contribution in [0.15, 0.2) is 35.2 Å². The summed E-state index contributed by atoms with van der Waals surface area (Å²) in [5.41, 5.74) is 3.08. The minimum absolute atomic E-state index is 0.00672. The number of amides is 1. The molecule has 6 rings (SSSR count). The summed E-state index contributed by atoms with van der Waals surface area (Å²) in [6.07, 6.45) is 5.05. The Morgan fingerprint density at radius 3 is 2.72 bits per heavy atom. The third-order valence-electron chi connectivity index (χ3n) is 6.32. The predicted molar refractivity (Wildman–Crippen MR) is 109 cm³/mol. The molecular weight excluding hydrogens is 388 g/mol. The van der Waals surface area contributed by atoms with E-state index in [1.807, 2.05) is 31.0 Å². The Morgan fingerprint density at radius 1 is 1.17 bits per heavy atom. The van der Waals surface area contributed by atoms with Crippen LogP contribution >= 0.6 is 11.3 Å². The molecule has 1 aromatic heterocycles. The van der Waals surface area contributed by atoms with Crippen molar-refractivity contribution in [2.45, 2.75) is 24.8 Å². The first kappa shape index (κ1) is 17.1. The quantitative estimate of drug-likeness (QED) is 0.726. The summed E-state index contributed by atoms with van der Waals surface area (Å²) in [6, 6.07) is 3.82. The summed E-state index contributed by atoms with van der Waals surface area (Å²) in [5.74, 6) is 2.13. The first-order chi connectivity index (χ1) is 14.1. The van der Waals surface area contributed by atoms with Gasteiger partial charge in [0.1, 0.15) is 31.0 Å². The standard InChI is InChI=1S/C22H20N2O4S/c1-12-23-15(10-29-12)13-4-3-5-16-20(13)22(21(25)24(16)2)11-28-17-9-19-18(8-14(17)22)26-6-7-27-19/h3-4,8-10,16H,5-7,11H2,1-2H3. The van der Waals surface area contributed by atoms with Crippen molar-refractivity contribution >= 4 is 22.8 Å². The summed E-state index contributed by atoms with van der Waals surface area (Å²) >= 11 is 1.62. The van der Waals surface area contributed by atoms with Crippen molar-refractivity contribution in [3.8, 4) is 17.2 Å². The van der Waals surface area contributed by atoms with Crippen molar-refractivity contribution in [1.29, 1.82) is 0 Å². The van der Waals surface area contributed by atoms with E-state index in [2.05, 4.69) is 17.5 Å². The monoisotopic (exact) mass is 408 g/mol. The van der Waals surface area contributed by atoms with E-state index < -0.39 is 5.41 Å². The zero-order valence-corrected chi connectivity index (χ0v) is 17.0. The van der Waals surface area contributed by atoms with Gasteiger partial charge in [0.2, 0.25) is 5.91 Å². The zero-order chi connectivity index (χ0) is 19.8. The van der Waals surface area contributed by atoms with Gasteiger partial charge in [-0.25, -0.2) is 4.98 Å². The highest BCUT2D eigenvalue weighted by Gasteiger charge is 2.61. The highest BCUT2D eigenvalue weighted by atomic mass is 32.1. The van der Waals surface area contributed by atoms with Crippen molar-refractivity contribution in [3.63, 3.8) is 0 Å². The number of likely N-dealkylation sites (N-methyl/N-ethyl adjacent to an activating group) is 1. The van der Waals surface area contributed by atoms with Crippen molar-refractivity contribution in [1.82, 2.24) is 9.88 Å². The van der Waals surface area contributed by atoms with E-state index in [1.54, 1.807) is 11.3 Å². The Morgan fingerprint density at radius 2 is 1.97 bits per heavy atom. The van der Waals surface area contributed by atoms with E-state index in [4.69, 9.17) is 19.2 Å². The molecule has 1 aliphatic carbocycles. The molecule has 4 heterocycles. The number of aryl methyl sites for hydroxylation is 1. The van der Waals surface area contributed by atoms with Gasteiger partial charge >= 0.3 is 0 Å². The summed E-state index contributed by atoms with van der Waals surface area (Å²) < 4.78 is 17.6. The van der Waals surface area contributed by atoms with Crippen LogP contribution in [0.25, 0.3) is 5.57 Å². The van der Waals surface area contributed by atoms with E-state index >= 15 is 0 Å². The Kier molecular flexibility index (Phi) is 3.45. The van der Waals surface area contributed by atoms with Crippen LogP contribution in [0.4, 0.5) is 0 Å². The van der Waals surface area contributed by atoms with Gasteiger partial charge < -0.3 is 19.1 Å². The molecular formula is C22H20N2O4S. The molecule has 1 amide bonds. The van der Waals surface area contributed by atoms with Crippen LogP contribution in [0, 0.1) is 6.92 Å². The van der Waals surface area contributed by atoms with Crippen LogP contribution in [-0.2, 0) is 10.2 Å². The summed E-state index contributed by atoms with van der Waals surface area (Å²) in [4.78, 5) is 20.3. The van der Waals surface area contributed by atoms with Crippen LogP contribution in [0.1, 0.15) is 22.7 Å². The van der Waals surface area contributed by atoms with E-state index in [0.29, 0.717) is 37.1 Å². The fraction of sp³-hybridized carbons (Fsp3) is 0.364. The second-order valence-electron chi connectivity index (χ2n) is 7.84. The smallest absolute Gasteiger partial charge is 0.241 e. The fourth-order valence-electron chi connectivity index (χ4n) is 5.02. The summed E-state index contributed by atoms with van der Waals surface area (Å²) in [7, 11) is 1.89. The molecule has 0 saturated carbocycles. The van der Waals surface area contributed by atoms with Gasteiger partial charge in [0.05, 0.1) is 16.7 Å². The number of nitrogens with zero attached hydrogens (tertiary/aromatic N) is 2. The number of thiazole rings is 1. The molecule has 29 heavy (non-hydrogen) atoms. The minimum atomic E-state index is -0.845. The Hall–Kier alpha value is -2.80. The van der Waals surface area contributed by atoms with Gasteiger partial charge in [-0.2, -0.15) is 0 Å². The lowest BCUT2D eigenvalue weighted by Gasteiger charge is -2.28. The number of ether oxygens (including phenoxy) is 3. The van der Waals surface area contributed by atoms with Gasteiger partial charge in [-0.3, -0.25) is 4.79 Å². The molecule has 2 atom stereocenters. The van der Waals surface area contributed by atoms with Crippen LogP contribution in [-0.4, -0.2) is 48.7 Å².